The van der Waals surface area contributed by atoms with Crippen LogP contribution >= 0.6 is 0 Å². The summed E-state index contributed by atoms with van der Waals surface area (Å²) in [6.45, 7) is 1.84. The largest absolute Gasteiger partial charge is 0.369 e. The maximum atomic E-state index is 11.6. The molecule has 0 radical (unpaired) electrons. The van der Waals surface area contributed by atoms with Gasteiger partial charge in [-0.15, -0.1) is 0 Å². The third-order valence-corrected chi connectivity index (χ3v) is 4.44. The number of aromatic amines is 1. The van der Waals surface area contributed by atoms with E-state index in [1.165, 1.54) is 25.7 Å². The second kappa shape index (κ2) is 5.95. The number of hydrogen-bond acceptors (Lipinski definition) is 4. The standard InChI is InChI=1S/C15H24N4O/c1-19(12-4-2-3-5-12)9-8-16-13-10-14(20)18-15(17-13)11-6-7-11/h10-12H,2-9H2,1H3,(H2,16,17,18,20). The molecule has 0 aliphatic heterocycles. The Bertz CT molecular complexity index is 503. The molecule has 1 aromatic rings. The van der Waals surface area contributed by atoms with E-state index in [0.717, 1.165) is 43.6 Å². The summed E-state index contributed by atoms with van der Waals surface area (Å²) in [4.78, 5) is 21.4. The van der Waals surface area contributed by atoms with E-state index >= 15 is 0 Å². The van der Waals surface area contributed by atoms with Crippen molar-refractivity contribution < 1.29 is 0 Å². The molecule has 0 amide bonds. The molecule has 0 spiro atoms. The highest BCUT2D eigenvalue weighted by molar-refractivity contribution is 5.33. The second-order valence-corrected chi connectivity index (χ2v) is 6.14. The number of anilines is 1. The Labute approximate surface area is 119 Å². The van der Waals surface area contributed by atoms with Gasteiger partial charge in [-0.1, -0.05) is 12.8 Å². The number of nitrogens with zero attached hydrogens (tertiary/aromatic N) is 2. The summed E-state index contributed by atoms with van der Waals surface area (Å²) in [7, 11) is 2.19. The first-order valence-corrected chi connectivity index (χ1v) is 7.78. The van der Waals surface area contributed by atoms with Crippen LogP contribution in [0.5, 0.6) is 0 Å². The van der Waals surface area contributed by atoms with Gasteiger partial charge in [0.25, 0.3) is 5.56 Å². The molecule has 2 fully saturated rings. The van der Waals surface area contributed by atoms with Gasteiger partial charge in [0.15, 0.2) is 0 Å². The molecule has 5 nitrogen and oxygen atoms in total. The van der Waals surface area contributed by atoms with E-state index in [4.69, 9.17) is 0 Å². The number of nitrogens with one attached hydrogen (secondary N) is 2. The molecule has 3 rings (SSSR count). The van der Waals surface area contributed by atoms with E-state index in [-0.39, 0.29) is 5.56 Å². The summed E-state index contributed by atoms with van der Waals surface area (Å²) in [6, 6.07) is 2.30. The first-order chi connectivity index (χ1) is 9.72. The molecule has 0 aromatic carbocycles. The molecule has 0 atom stereocenters. The van der Waals surface area contributed by atoms with Crippen molar-refractivity contribution in [2.75, 3.05) is 25.5 Å². The summed E-state index contributed by atoms with van der Waals surface area (Å²) in [5, 5.41) is 3.29. The predicted molar refractivity (Wildman–Crippen MR) is 80.2 cm³/mol. The number of rotatable bonds is 6. The Hall–Kier alpha value is -1.36. The first-order valence-electron chi connectivity index (χ1n) is 7.78. The zero-order valence-electron chi connectivity index (χ0n) is 12.2. The van der Waals surface area contributed by atoms with Crippen LogP contribution in [-0.4, -0.2) is 41.0 Å². The van der Waals surface area contributed by atoms with Crippen LogP contribution in [0.4, 0.5) is 5.82 Å². The maximum Gasteiger partial charge on any atom is 0.252 e. The lowest BCUT2D eigenvalue weighted by Crippen LogP contribution is -2.33. The van der Waals surface area contributed by atoms with Gasteiger partial charge in [0.05, 0.1) is 0 Å². The number of hydrogen-bond donors (Lipinski definition) is 2. The van der Waals surface area contributed by atoms with Crippen LogP contribution < -0.4 is 10.9 Å². The fourth-order valence-electron chi connectivity index (χ4n) is 3.01. The molecule has 5 heteroatoms. The van der Waals surface area contributed by atoms with E-state index in [0.29, 0.717) is 5.92 Å². The maximum absolute atomic E-state index is 11.6. The summed E-state index contributed by atoms with van der Waals surface area (Å²) >= 11 is 0. The zero-order chi connectivity index (χ0) is 13.9. The molecule has 110 valence electrons. The fraction of sp³-hybridized carbons (Fsp3) is 0.733. The molecule has 0 saturated heterocycles. The average molecular weight is 276 g/mol. The van der Waals surface area contributed by atoms with Gasteiger partial charge >= 0.3 is 0 Å². The molecule has 2 aliphatic rings. The first kappa shape index (κ1) is 13.6. The third kappa shape index (κ3) is 3.39. The predicted octanol–water partition coefficient (Wildman–Crippen LogP) is 1.93. The molecule has 0 bridgehead atoms. The van der Waals surface area contributed by atoms with Gasteiger partial charge in [0.1, 0.15) is 11.6 Å². The lowest BCUT2D eigenvalue weighted by molar-refractivity contribution is 0.254. The van der Waals surface area contributed by atoms with Crippen molar-refractivity contribution in [2.24, 2.45) is 0 Å². The Kier molecular flexibility index (Phi) is 4.05. The molecule has 20 heavy (non-hydrogen) atoms. The van der Waals surface area contributed by atoms with E-state index in [1.807, 2.05) is 0 Å². The van der Waals surface area contributed by atoms with Crippen LogP contribution in [0.1, 0.15) is 50.3 Å². The topological polar surface area (TPSA) is 61.0 Å². The van der Waals surface area contributed by atoms with Gasteiger partial charge < -0.3 is 15.2 Å². The van der Waals surface area contributed by atoms with Gasteiger partial charge in [-0.25, -0.2) is 4.98 Å². The minimum atomic E-state index is -0.0476. The van der Waals surface area contributed by atoms with E-state index in [2.05, 4.69) is 27.2 Å². The van der Waals surface area contributed by atoms with Gasteiger partial charge in [-0.2, -0.15) is 0 Å². The van der Waals surface area contributed by atoms with Crippen molar-refractivity contribution >= 4 is 5.82 Å². The van der Waals surface area contributed by atoms with Crippen LogP contribution in [-0.2, 0) is 0 Å². The highest BCUT2D eigenvalue weighted by Crippen LogP contribution is 2.37. The van der Waals surface area contributed by atoms with Crippen LogP contribution in [0.2, 0.25) is 0 Å². The summed E-state index contributed by atoms with van der Waals surface area (Å²) in [5.74, 6) is 2.05. The van der Waals surface area contributed by atoms with Gasteiger partial charge in [-0.3, -0.25) is 4.79 Å². The van der Waals surface area contributed by atoms with Crippen molar-refractivity contribution in [3.63, 3.8) is 0 Å². The molecule has 2 saturated carbocycles. The monoisotopic (exact) mass is 276 g/mol. The van der Waals surface area contributed by atoms with Gasteiger partial charge in [0, 0.05) is 31.1 Å². The third-order valence-electron chi connectivity index (χ3n) is 4.44. The molecule has 2 aliphatic carbocycles. The van der Waals surface area contributed by atoms with Crippen LogP contribution in [0.15, 0.2) is 10.9 Å². The Morgan fingerprint density at radius 1 is 1.35 bits per heavy atom. The van der Waals surface area contributed by atoms with Crippen LogP contribution in [0.3, 0.4) is 0 Å². The Morgan fingerprint density at radius 2 is 2.10 bits per heavy atom. The SMILES string of the molecule is CN(CCNc1cc(=O)[nH]c(C2CC2)n1)C1CCCC1. The molecule has 1 heterocycles. The normalized spacial score (nSPS) is 19.7. The Morgan fingerprint density at radius 3 is 2.80 bits per heavy atom. The number of likely N-dealkylation sites (N-methyl/N-ethyl adjacent to an activating group) is 1. The lowest BCUT2D eigenvalue weighted by Gasteiger charge is -2.24. The minimum absolute atomic E-state index is 0.0476. The zero-order valence-corrected chi connectivity index (χ0v) is 12.2. The molecule has 2 N–H and O–H groups in total. The summed E-state index contributed by atoms with van der Waals surface area (Å²) < 4.78 is 0. The van der Waals surface area contributed by atoms with Gasteiger partial charge in [0.2, 0.25) is 0 Å². The van der Waals surface area contributed by atoms with E-state index < -0.39 is 0 Å². The fourth-order valence-corrected chi connectivity index (χ4v) is 3.01. The van der Waals surface area contributed by atoms with Gasteiger partial charge in [-0.05, 0) is 32.7 Å². The quantitative estimate of drug-likeness (QED) is 0.833. The molecule has 1 aromatic heterocycles. The summed E-state index contributed by atoms with van der Waals surface area (Å²) in [5.41, 5.74) is -0.0476. The van der Waals surface area contributed by atoms with Crippen molar-refractivity contribution in [1.29, 1.82) is 0 Å². The highest BCUT2D eigenvalue weighted by Gasteiger charge is 2.26. The van der Waals surface area contributed by atoms with Crippen molar-refractivity contribution in [3.05, 3.63) is 22.2 Å². The van der Waals surface area contributed by atoms with E-state index in [9.17, 15) is 4.79 Å². The molecule has 0 unspecified atom stereocenters. The smallest absolute Gasteiger partial charge is 0.252 e. The molecular weight excluding hydrogens is 252 g/mol. The van der Waals surface area contributed by atoms with Crippen LogP contribution in [0, 0.1) is 0 Å². The summed E-state index contributed by atoms with van der Waals surface area (Å²) in [6.07, 6.45) is 7.68. The second-order valence-electron chi connectivity index (χ2n) is 6.14. The minimum Gasteiger partial charge on any atom is -0.369 e. The van der Waals surface area contributed by atoms with E-state index in [1.54, 1.807) is 6.07 Å². The lowest BCUT2D eigenvalue weighted by atomic mass is 10.2. The van der Waals surface area contributed by atoms with Crippen LogP contribution in [0.25, 0.3) is 0 Å². The average Bonchev–Trinajstić information content (AvgIpc) is 3.13. The van der Waals surface area contributed by atoms with Crippen molar-refractivity contribution in [2.45, 2.75) is 50.5 Å². The van der Waals surface area contributed by atoms with Crippen molar-refractivity contribution in [3.8, 4) is 0 Å². The number of aromatic nitrogens is 2. The molecular formula is C15H24N4O. The highest BCUT2D eigenvalue weighted by atomic mass is 16.1. The number of H-pyrrole nitrogens is 1. The Balaban J connectivity index is 1.51. The van der Waals surface area contributed by atoms with Crippen molar-refractivity contribution in [1.82, 2.24) is 14.9 Å².